The highest BCUT2D eigenvalue weighted by Gasteiger charge is 2.17. The SMILES string of the molecule is Cc1nc2c(n1Cc1ccc(C(N)=O)cc1)CCCC2. The molecule has 0 saturated carbocycles. The smallest absolute Gasteiger partial charge is 0.248 e. The number of primary amides is 1. The highest BCUT2D eigenvalue weighted by Crippen LogP contribution is 2.23. The summed E-state index contributed by atoms with van der Waals surface area (Å²) in [6, 6.07) is 7.51. The molecule has 1 aromatic carbocycles. The van der Waals surface area contributed by atoms with Crippen molar-refractivity contribution in [1.82, 2.24) is 9.55 Å². The highest BCUT2D eigenvalue weighted by molar-refractivity contribution is 5.92. The lowest BCUT2D eigenvalue weighted by Crippen LogP contribution is -2.12. The number of hydrogen-bond donors (Lipinski definition) is 1. The topological polar surface area (TPSA) is 60.9 Å². The molecule has 4 heteroatoms. The molecule has 0 atom stereocenters. The lowest BCUT2D eigenvalue weighted by molar-refractivity contribution is 0.100. The summed E-state index contributed by atoms with van der Waals surface area (Å²) in [5.74, 6) is 0.698. The van der Waals surface area contributed by atoms with Crippen molar-refractivity contribution < 1.29 is 4.79 Å². The molecule has 20 heavy (non-hydrogen) atoms. The molecular formula is C16H19N3O. The van der Waals surface area contributed by atoms with Crippen molar-refractivity contribution in [2.75, 3.05) is 0 Å². The van der Waals surface area contributed by atoms with E-state index < -0.39 is 0 Å². The Bertz CT molecular complexity index is 640. The van der Waals surface area contributed by atoms with E-state index in [2.05, 4.69) is 16.5 Å². The van der Waals surface area contributed by atoms with Crippen LogP contribution in [-0.4, -0.2) is 15.5 Å². The van der Waals surface area contributed by atoms with Gasteiger partial charge in [-0.05, 0) is 50.3 Å². The molecule has 0 bridgehead atoms. The second-order valence-corrected chi connectivity index (χ2v) is 5.41. The number of imidazole rings is 1. The van der Waals surface area contributed by atoms with Crippen LogP contribution in [0.1, 0.15) is 46.0 Å². The van der Waals surface area contributed by atoms with Crippen LogP contribution < -0.4 is 5.73 Å². The number of hydrogen-bond acceptors (Lipinski definition) is 2. The van der Waals surface area contributed by atoms with E-state index in [1.165, 1.54) is 29.8 Å². The maximum atomic E-state index is 11.1. The first-order valence-electron chi connectivity index (χ1n) is 7.09. The average Bonchev–Trinajstić information content (AvgIpc) is 2.76. The van der Waals surface area contributed by atoms with Gasteiger partial charge in [0.1, 0.15) is 5.82 Å². The molecule has 1 aliphatic carbocycles. The van der Waals surface area contributed by atoms with Crippen molar-refractivity contribution >= 4 is 5.91 Å². The Balaban J connectivity index is 1.87. The second-order valence-electron chi connectivity index (χ2n) is 5.41. The number of carbonyl (C=O) groups excluding carboxylic acids is 1. The van der Waals surface area contributed by atoms with Crippen molar-refractivity contribution in [3.63, 3.8) is 0 Å². The largest absolute Gasteiger partial charge is 0.366 e. The van der Waals surface area contributed by atoms with Crippen LogP contribution in [-0.2, 0) is 19.4 Å². The monoisotopic (exact) mass is 269 g/mol. The van der Waals surface area contributed by atoms with Crippen LogP contribution in [0.15, 0.2) is 24.3 Å². The van der Waals surface area contributed by atoms with Gasteiger partial charge in [-0.25, -0.2) is 4.98 Å². The van der Waals surface area contributed by atoms with E-state index in [1.54, 1.807) is 12.1 Å². The van der Waals surface area contributed by atoms with Gasteiger partial charge in [0.05, 0.1) is 5.69 Å². The summed E-state index contributed by atoms with van der Waals surface area (Å²) in [5.41, 5.74) is 9.63. The number of carbonyl (C=O) groups is 1. The van der Waals surface area contributed by atoms with Gasteiger partial charge in [0.25, 0.3) is 0 Å². The summed E-state index contributed by atoms with van der Waals surface area (Å²) in [6.45, 7) is 2.88. The summed E-state index contributed by atoms with van der Waals surface area (Å²) in [7, 11) is 0. The first-order valence-corrected chi connectivity index (χ1v) is 7.09. The van der Waals surface area contributed by atoms with Gasteiger partial charge < -0.3 is 10.3 Å². The van der Waals surface area contributed by atoms with E-state index in [4.69, 9.17) is 5.73 Å². The molecule has 1 aliphatic rings. The van der Waals surface area contributed by atoms with Gasteiger partial charge in [-0.3, -0.25) is 4.79 Å². The fraction of sp³-hybridized carbons (Fsp3) is 0.375. The fourth-order valence-corrected chi connectivity index (χ4v) is 2.90. The summed E-state index contributed by atoms with van der Waals surface area (Å²) >= 11 is 0. The zero-order chi connectivity index (χ0) is 14.1. The van der Waals surface area contributed by atoms with Crippen LogP contribution in [0.2, 0.25) is 0 Å². The number of nitrogens with two attached hydrogens (primary N) is 1. The van der Waals surface area contributed by atoms with Gasteiger partial charge in [-0.15, -0.1) is 0 Å². The molecule has 0 fully saturated rings. The number of amides is 1. The lowest BCUT2D eigenvalue weighted by Gasteiger charge is -2.15. The van der Waals surface area contributed by atoms with Crippen LogP contribution in [0.5, 0.6) is 0 Å². The third kappa shape index (κ3) is 2.33. The minimum absolute atomic E-state index is 0.382. The molecule has 0 saturated heterocycles. The fourth-order valence-electron chi connectivity index (χ4n) is 2.90. The highest BCUT2D eigenvalue weighted by atomic mass is 16.1. The van der Waals surface area contributed by atoms with Crippen LogP contribution in [0, 0.1) is 6.92 Å². The van der Waals surface area contributed by atoms with Crippen molar-refractivity contribution in [3.8, 4) is 0 Å². The Labute approximate surface area is 118 Å². The lowest BCUT2D eigenvalue weighted by atomic mass is 10.0. The third-order valence-electron chi connectivity index (χ3n) is 4.00. The van der Waals surface area contributed by atoms with Gasteiger partial charge >= 0.3 is 0 Å². The Morgan fingerprint density at radius 2 is 1.95 bits per heavy atom. The molecule has 1 heterocycles. The first-order chi connectivity index (χ1) is 9.65. The predicted octanol–water partition coefficient (Wildman–Crippen LogP) is 2.22. The molecule has 1 amide bonds. The number of aryl methyl sites for hydroxylation is 2. The molecule has 4 nitrogen and oxygen atoms in total. The van der Waals surface area contributed by atoms with Crippen molar-refractivity contribution in [2.24, 2.45) is 5.73 Å². The molecule has 1 aromatic heterocycles. The minimum Gasteiger partial charge on any atom is -0.366 e. The van der Waals surface area contributed by atoms with Crippen LogP contribution in [0.25, 0.3) is 0 Å². The van der Waals surface area contributed by atoms with E-state index in [0.29, 0.717) is 5.56 Å². The van der Waals surface area contributed by atoms with Gasteiger partial charge in [0.2, 0.25) is 5.91 Å². The normalized spacial score (nSPS) is 14.1. The standard InChI is InChI=1S/C16H19N3O/c1-11-18-14-4-2-3-5-15(14)19(11)10-12-6-8-13(9-7-12)16(17)20/h6-9H,2-5,10H2,1H3,(H2,17,20). The second kappa shape index (κ2) is 5.12. The average molecular weight is 269 g/mol. The zero-order valence-corrected chi connectivity index (χ0v) is 11.7. The molecule has 3 rings (SSSR count). The molecular weight excluding hydrogens is 250 g/mol. The Hall–Kier alpha value is -2.10. The first kappa shape index (κ1) is 12.9. The van der Waals surface area contributed by atoms with Crippen molar-refractivity contribution in [2.45, 2.75) is 39.2 Å². The summed E-state index contributed by atoms with van der Waals surface area (Å²) < 4.78 is 2.30. The molecule has 0 unspecified atom stereocenters. The van der Waals surface area contributed by atoms with Crippen LogP contribution >= 0.6 is 0 Å². The zero-order valence-electron chi connectivity index (χ0n) is 11.7. The summed E-state index contributed by atoms with van der Waals surface area (Å²) in [5, 5.41) is 0. The number of aromatic nitrogens is 2. The van der Waals surface area contributed by atoms with Gasteiger partial charge in [0, 0.05) is 17.8 Å². The van der Waals surface area contributed by atoms with Gasteiger partial charge in [-0.2, -0.15) is 0 Å². The third-order valence-corrected chi connectivity index (χ3v) is 4.00. The van der Waals surface area contributed by atoms with E-state index in [1.807, 2.05) is 12.1 Å². The minimum atomic E-state index is -0.382. The van der Waals surface area contributed by atoms with Crippen molar-refractivity contribution in [3.05, 3.63) is 52.6 Å². The summed E-state index contributed by atoms with van der Waals surface area (Å²) in [6.07, 6.45) is 4.72. The van der Waals surface area contributed by atoms with Crippen LogP contribution in [0.4, 0.5) is 0 Å². The number of nitrogens with zero attached hydrogens (tertiary/aromatic N) is 2. The van der Waals surface area contributed by atoms with Crippen LogP contribution in [0.3, 0.4) is 0 Å². The van der Waals surface area contributed by atoms with E-state index in [9.17, 15) is 4.79 Å². The predicted molar refractivity (Wildman–Crippen MR) is 77.7 cm³/mol. The number of benzene rings is 1. The molecule has 104 valence electrons. The van der Waals surface area contributed by atoms with E-state index in [-0.39, 0.29) is 5.91 Å². The van der Waals surface area contributed by atoms with Gasteiger partial charge in [-0.1, -0.05) is 12.1 Å². The molecule has 0 radical (unpaired) electrons. The quantitative estimate of drug-likeness (QED) is 0.928. The Morgan fingerprint density at radius 3 is 2.65 bits per heavy atom. The van der Waals surface area contributed by atoms with Crippen molar-refractivity contribution in [1.29, 1.82) is 0 Å². The number of rotatable bonds is 3. The Kier molecular flexibility index (Phi) is 3.30. The Morgan fingerprint density at radius 1 is 1.25 bits per heavy atom. The van der Waals surface area contributed by atoms with E-state index >= 15 is 0 Å². The van der Waals surface area contributed by atoms with Gasteiger partial charge in [0.15, 0.2) is 0 Å². The summed E-state index contributed by atoms with van der Waals surface area (Å²) in [4.78, 5) is 15.8. The number of fused-ring (bicyclic) bond motifs is 1. The maximum absolute atomic E-state index is 11.1. The molecule has 0 aliphatic heterocycles. The molecule has 0 spiro atoms. The molecule has 2 N–H and O–H groups in total. The maximum Gasteiger partial charge on any atom is 0.248 e. The van der Waals surface area contributed by atoms with E-state index in [0.717, 1.165) is 25.2 Å². The molecule has 2 aromatic rings.